The Morgan fingerprint density at radius 3 is 1.89 bits per heavy atom. The molecule has 54 heavy (non-hydrogen) atoms. The highest BCUT2D eigenvalue weighted by Gasteiger charge is 2.24. The molecule has 0 aliphatic rings. The van der Waals surface area contributed by atoms with Crippen molar-refractivity contribution >= 4 is 54.5 Å². The van der Waals surface area contributed by atoms with Crippen molar-refractivity contribution in [3.8, 4) is 51.0 Å². The van der Waals surface area contributed by atoms with E-state index >= 15 is 0 Å². The van der Waals surface area contributed by atoms with Gasteiger partial charge in [0.15, 0.2) is 17.5 Å². The first kappa shape index (κ1) is 24.8. The quantitative estimate of drug-likeness (QED) is 0.180. The van der Waals surface area contributed by atoms with E-state index in [2.05, 4.69) is 12.1 Å². The van der Waals surface area contributed by atoms with Crippen LogP contribution < -0.4 is 0 Å². The molecule has 0 aliphatic heterocycles. The predicted molar refractivity (Wildman–Crippen MR) is 221 cm³/mol. The zero-order valence-corrected chi connectivity index (χ0v) is 28.6. The Morgan fingerprint density at radius 2 is 1.07 bits per heavy atom. The van der Waals surface area contributed by atoms with Gasteiger partial charge in [0.25, 0.3) is 0 Å². The van der Waals surface area contributed by atoms with Crippen LogP contribution in [0.3, 0.4) is 0 Å². The van der Waals surface area contributed by atoms with Gasteiger partial charge < -0.3 is 8.98 Å². The molecule has 3 heterocycles. The van der Waals surface area contributed by atoms with Crippen molar-refractivity contribution in [2.24, 2.45) is 0 Å². The lowest BCUT2D eigenvalue weighted by atomic mass is 9.97. The molecule has 11 rings (SSSR count). The molecular formula is C49H30N4O. The summed E-state index contributed by atoms with van der Waals surface area (Å²) in [7, 11) is 0. The molecular weight excluding hydrogens is 661 g/mol. The average molecular weight is 697 g/mol. The monoisotopic (exact) mass is 696 g/mol. The first-order valence-electron chi connectivity index (χ1n) is 20.6. The molecule has 0 saturated carbocycles. The number of nitrogens with zero attached hydrogens (tertiary/aromatic N) is 4. The Hall–Kier alpha value is -7.37. The molecule has 5 heteroatoms. The van der Waals surface area contributed by atoms with Crippen molar-refractivity contribution in [3.05, 3.63) is 182 Å². The summed E-state index contributed by atoms with van der Waals surface area (Å²) in [5.74, 6) is 1.17. The van der Waals surface area contributed by atoms with Crippen LogP contribution in [0.25, 0.3) is 105 Å². The first-order valence-corrected chi connectivity index (χ1v) is 17.6. The van der Waals surface area contributed by atoms with E-state index in [1.807, 2.05) is 121 Å². The number of furan rings is 1. The summed E-state index contributed by atoms with van der Waals surface area (Å²) in [6, 6.07) is 45.0. The summed E-state index contributed by atoms with van der Waals surface area (Å²) in [4.78, 5) is 15.4. The molecule has 0 saturated heterocycles. The third-order valence-corrected chi connectivity index (χ3v) is 10.00. The van der Waals surface area contributed by atoms with Crippen molar-refractivity contribution in [3.63, 3.8) is 0 Å². The summed E-state index contributed by atoms with van der Waals surface area (Å²) in [6.45, 7) is 0. The smallest absolute Gasteiger partial charge is 0.166 e. The van der Waals surface area contributed by atoms with Crippen LogP contribution in [0.15, 0.2) is 186 Å². The van der Waals surface area contributed by atoms with E-state index in [0.717, 1.165) is 32.7 Å². The fraction of sp³-hybridized carbons (Fsp3) is 0. The summed E-state index contributed by atoms with van der Waals surface area (Å²) >= 11 is 0. The summed E-state index contributed by atoms with van der Waals surface area (Å²) in [5.41, 5.74) is 5.67. The normalized spacial score (nSPS) is 13.3. The van der Waals surface area contributed by atoms with Gasteiger partial charge in [-0.3, -0.25) is 0 Å². The largest absolute Gasteiger partial charge is 0.455 e. The number of fused-ring (bicyclic) bond motifs is 7. The Labute approximate surface area is 318 Å². The van der Waals surface area contributed by atoms with Crippen LogP contribution in [0.4, 0.5) is 0 Å². The third kappa shape index (κ3) is 4.76. The number of aromatic nitrogens is 4. The molecule has 11 aromatic rings. The lowest BCUT2D eigenvalue weighted by Crippen LogP contribution is -2.05. The fourth-order valence-electron chi connectivity index (χ4n) is 7.55. The van der Waals surface area contributed by atoms with Crippen LogP contribution >= 0.6 is 0 Å². The number of para-hydroxylation sites is 5. The minimum absolute atomic E-state index is 0.0762. The van der Waals surface area contributed by atoms with E-state index in [-0.39, 0.29) is 58.1 Å². The van der Waals surface area contributed by atoms with Gasteiger partial charge in [0, 0.05) is 49.4 Å². The molecule has 0 unspecified atom stereocenters. The van der Waals surface area contributed by atoms with Gasteiger partial charge in [-0.05, 0) is 41.1 Å². The van der Waals surface area contributed by atoms with Gasteiger partial charge in [0.2, 0.25) is 0 Å². The Balaban J connectivity index is 1.32. The second-order valence-electron chi connectivity index (χ2n) is 13.1. The molecule has 0 aliphatic carbocycles. The van der Waals surface area contributed by atoms with E-state index in [1.165, 1.54) is 12.1 Å². The first-order chi connectivity index (χ1) is 29.2. The molecule has 0 spiro atoms. The predicted octanol–water partition coefficient (Wildman–Crippen LogP) is 12.7. The molecule has 252 valence electrons. The van der Waals surface area contributed by atoms with Gasteiger partial charge in [-0.1, -0.05) is 152 Å². The molecule has 0 atom stereocenters. The lowest BCUT2D eigenvalue weighted by Gasteiger charge is -2.19. The minimum Gasteiger partial charge on any atom is -0.455 e. The van der Waals surface area contributed by atoms with Crippen LogP contribution in [0, 0.1) is 0 Å². The molecule has 0 amide bonds. The van der Waals surface area contributed by atoms with Crippen LogP contribution in [-0.2, 0) is 0 Å². The van der Waals surface area contributed by atoms with Crippen molar-refractivity contribution < 1.29 is 12.6 Å². The number of benzene rings is 8. The highest BCUT2D eigenvalue weighted by Crippen LogP contribution is 2.44. The number of hydrogen-bond acceptors (Lipinski definition) is 4. The third-order valence-electron chi connectivity index (χ3n) is 10.00. The second kappa shape index (κ2) is 12.1. The standard InChI is InChI=1S/C49H30N4O/c1-2-15-32(16-3-1)47-50-48(34-29-28-31-14-4-5-17-33(31)30-34)52-49(51-47)41-24-12-21-38(40-23-13-22-39-37-20-8-11-27-44(37)54-46(39)40)45(41)53-42-25-9-6-18-35(42)36-19-7-10-26-43(36)53/h1-30H/i6D,7D,18D,19D,25D,26D. The molecule has 0 radical (unpaired) electrons. The van der Waals surface area contributed by atoms with E-state index in [9.17, 15) is 2.74 Å². The van der Waals surface area contributed by atoms with Crippen LogP contribution in [0.5, 0.6) is 0 Å². The molecule has 0 N–H and O–H groups in total. The van der Waals surface area contributed by atoms with Crippen molar-refractivity contribution in [2.75, 3.05) is 0 Å². The summed E-state index contributed by atoms with van der Waals surface area (Å²) in [6.07, 6.45) is 0. The molecule has 0 fully saturated rings. The topological polar surface area (TPSA) is 56.7 Å². The van der Waals surface area contributed by atoms with E-state index < -0.39 is 0 Å². The van der Waals surface area contributed by atoms with Crippen molar-refractivity contribution in [2.45, 2.75) is 0 Å². The maximum absolute atomic E-state index is 9.38. The van der Waals surface area contributed by atoms with E-state index in [1.54, 1.807) is 4.57 Å². The summed E-state index contributed by atoms with van der Waals surface area (Å²) < 4.78 is 62.7. The SMILES string of the molecule is [2H]c1cc([2H])c2c(c1[2H])c1c([2H])c([2H])cc([2H])c1n2-c1c(-c2nc(-c3ccccc3)nc(-c3ccc4ccccc4c3)n2)cccc1-c1cccc2c1oc1ccccc12. The fourth-order valence-corrected chi connectivity index (χ4v) is 7.55. The molecule has 5 nitrogen and oxygen atoms in total. The average Bonchev–Trinajstić information content (AvgIpc) is 3.85. The Bertz CT molecular complexity index is 3510. The van der Waals surface area contributed by atoms with Gasteiger partial charge in [0.05, 0.1) is 24.9 Å². The van der Waals surface area contributed by atoms with Gasteiger partial charge in [-0.25, -0.2) is 15.0 Å². The molecule has 0 bridgehead atoms. The van der Waals surface area contributed by atoms with Gasteiger partial charge in [-0.2, -0.15) is 0 Å². The highest BCUT2D eigenvalue weighted by atomic mass is 16.3. The number of rotatable bonds is 5. The molecule has 3 aromatic heterocycles. The van der Waals surface area contributed by atoms with Crippen LogP contribution in [0.1, 0.15) is 8.22 Å². The second-order valence-corrected chi connectivity index (χ2v) is 13.1. The summed E-state index contributed by atoms with van der Waals surface area (Å²) in [5, 5.41) is 4.24. The highest BCUT2D eigenvalue weighted by molar-refractivity contribution is 6.13. The Kier molecular flexibility index (Phi) is 5.55. The van der Waals surface area contributed by atoms with E-state index in [4.69, 9.17) is 24.9 Å². The molecule has 8 aromatic carbocycles. The zero-order valence-electron chi connectivity index (χ0n) is 34.6. The van der Waals surface area contributed by atoms with Crippen LogP contribution in [0.2, 0.25) is 0 Å². The minimum atomic E-state index is -0.202. The Morgan fingerprint density at radius 1 is 0.444 bits per heavy atom. The maximum Gasteiger partial charge on any atom is 0.166 e. The lowest BCUT2D eigenvalue weighted by molar-refractivity contribution is 0.670. The van der Waals surface area contributed by atoms with Crippen molar-refractivity contribution in [1.82, 2.24) is 19.5 Å². The van der Waals surface area contributed by atoms with E-state index in [0.29, 0.717) is 51.0 Å². The van der Waals surface area contributed by atoms with Gasteiger partial charge in [-0.15, -0.1) is 0 Å². The zero-order chi connectivity index (χ0) is 40.8. The van der Waals surface area contributed by atoms with Gasteiger partial charge >= 0.3 is 0 Å². The van der Waals surface area contributed by atoms with Crippen molar-refractivity contribution in [1.29, 1.82) is 0 Å². The van der Waals surface area contributed by atoms with Crippen LogP contribution in [-0.4, -0.2) is 19.5 Å². The van der Waals surface area contributed by atoms with Gasteiger partial charge in [0.1, 0.15) is 11.2 Å². The number of hydrogen-bond donors (Lipinski definition) is 0. The maximum atomic E-state index is 9.38.